The molecule has 2 saturated heterocycles. The van der Waals surface area contributed by atoms with E-state index < -0.39 is 5.82 Å². The van der Waals surface area contributed by atoms with Gasteiger partial charge in [-0.1, -0.05) is 6.42 Å². The third-order valence-corrected chi connectivity index (χ3v) is 6.33. The molecule has 3 aliphatic rings. The van der Waals surface area contributed by atoms with Gasteiger partial charge in [0.2, 0.25) is 0 Å². The fourth-order valence-corrected chi connectivity index (χ4v) is 4.44. The van der Waals surface area contributed by atoms with Crippen LogP contribution >= 0.6 is 0 Å². The Kier molecular flexibility index (Phi) is 5.42. The van der Waals surface area contributed by atoms with Gasteiger partial charge >= 0.3 is 0 Å². The normalized spacial score (nSPS) is 23.6. The Morgan fingerprint density at radius 1 is 0.962 bits per heavy atom. The van der Waals surface area contributed by atoms with Crippen molar-refractivity contribution in [3.8, 4) is 6.07 Å². The van der Waals surface area contributed by atoms with Gasteiger partial charge in [-0.05, 0) is 56.7 Å². The quantitative estimate of drug-likeness (QED) is 0.824. The topological polar surface area (TPSA) is 39.5 Å². The molecule has 4 rings (SSSR count). The van der Waals surface area contributed by atoms with Crippen molar-refractivity contribution >= 4 is 5.69 Å². The van der Waals surface area contributed by atoms with E-state index in [-0.39, 0.29) is 5.56 Å². The molecular formula is C21H28FN3O. The lowest BCUT2D eigenvalue weighted by atomic mass is 9.89. The average molecular weight is 357 g/mol. The maximum absolute atomic E-state index is 13.8. The standard InChI is InChI=1S/C21H28FN3O/c22-21-14-18(5-4-16(21)15-23)25-12-8-20(9-13-25)26-19-6-10-24(11-7-19)17-2-1-3-17/h4-5,14,17,19-20H,1-3,6-13H2. The first-order valence-electron chi connectivity index (χ1n) is 10.1. The number of benzene rings is 1. The number of hydrogen-bond acceptors (Lipinski definition) is 4. The van der Waals surface area contributed by atoms with Crippen molar-refractivity contribution in [1.82, 2.24) is 4.90 Å². The summed E-state index contributed by atoms with van der Waals surface area (Å²) in [6.45, 7) is 4.16. The van der Waals surface area contributed by atoms with E-state index in [1.165, 1.54) is 38.4 Å². The number of halogens is 1. The van der Waals surface area contributed by atoms with Gasteiger partial charge in [-0.15, -0.1) is 0 Å². The van der Waals surface area contributed by atoms with Crippen molar-refractivity contribution in [3.05, 3.63) is 29.6 Å². The highest BCUT2D eigenvalue weighted by atomic mass is 19.1. The molecule has 3 fully saturated rings. The van der Waals surface area contributed by atoms with Gasteiger partial charge in [0.1, 0.15) is 11.9 Å². The minimum absolute atomic E-state index is 0.111. The number of nitrogens with zero attached hydrogens (tertiary/aromatic N) is 3. The van der Waals surface area contributed by atoms with Crippen molar-refractivity contribution in [2.24, 2.45) is 0 Å². The van der Waals surface area contributed by atoms with E-state index in [0.717, 1.165) is 50.5 Å². The first kappa shape index (κ1) is 17.8. The summed E-state index contributed by atoms with van der Waals surface area (Å²) in [5.74, 6) is -0.429. The van der Waals surface area contributed by atoms with E-state index in [1.807, 2.05) is 12.1 Å². The molecule has 1 saturated carbocycles. The zero-order valence-electron chi connectivity index (χ0n) is 15.4. The van der Waals surface area contributed by atoms with Gasteiger partial charge in [0, 0.05) is 37.9 Å². The fourth-order valence-electron chi connectivity index (χ4n) is 4.44. The van der Waals surface area contributed by atoms with Crippen molar-refractivity contribution in [3.63, 3.8) is 0 Å². The van der Waals surface area contributed by atoms with Crippen molar-refractivity contribution < 1.29 is 9.13 Å². The van der Waals surface area contributed by atoms with Crippen LogP contribution in [0, 0.1) is 17.1 Å². The van der Waals surface area contributed by atoms with Gasteiger partial charge in [0.05, 0.1) is 17.8 Å². The third kappa shape index (κ3) is 3.87. The SMILES string of the molecule is N#Cc1ccc(N2CCC(OC3CCN(C4CCC4)CC3)CC2)cc1F. The molecule has 0 amide bonds. The molecule has 5 heteroatoms. The molecule has 0 N–H and O–H groups in total. The highest BCUT2D eigenvalue weighted by Gasteiger charge is 2.30. The number of nitriles is 1. The fraction of sp³-hybridized carbons (Fsp3) is 0.667. The van der Waals surface area contributed by atoms with Gasteiger partial charge in [0.15, 0.2) is 0 Å². The molecule has 26 heavy (non-hydrogen) atoms. The van der Waals surface area contributed by atoms with Gasteiger partial charge in [0.25, 0.3) is 0 Å². The molecule has 0 aromatic heterocycles. The highest BCUT2D eigenvalue weighted by molar-refractivity contribution is 5.50. The summed E-state index contributed by atoms with van der Waals surface area (Å²) in [7, 11) is 0. The summed E-state index contributed by atoms with van der Waals surface area (Å²) < 4.78 is 20.2. The van der Waals surface area contributed by atoms with Crippen LogP contribution < -0.4 is 4.90 Å². The third-order valence-electron chi connectivity index (χ3n) is 6.33. The Hall–Kier alpha value is -1.64. The molecule has 0 unspecified atom stereocenters. The van der Waals surface area contributed by atoms with Gasteiger partial charge in [-0.2, -0.15) is 5.26 Å². The monoisotopic (exact) mass is 357 g/mol. The zero-order valence-corrected chi connectivity index (χ0v) is 15.4. The Balaban J connectivity index is 1.23. The smallest absolute Gasteiger partial charge is 0.143 e. The predicted molar refractivity (Wildman–Crippen MR) is 99.7 cm³/mol. The molecule has 0 radical (unpaired) electrons. The van der Waals surface area contributed by atoms with Gasteiger partial charge < -0.3 is 14.5 Å². The molecule has 2 heterocycles. The summed E-state index contributed by atoms with van der Waals surface area (Å²) in [4.78, 5) is 4.86. The lowest BCUT2D eigenvalue weighted by Crippen LogP contribution is -2.47. The Morgan fingerprint density at radius 2 is 1.62 bits per heavy atom. The van der Waals surface area contributed by atoms with Crippen LogP contribution in [0.1, 0.15) is 50.5 Å². The number of rotatable bonds is 4. The van der Waals surface area contributed by atoms with Crippen molar-refractivity contribution in [2.75, 3.05) is 31.1 Å². The van der Waals surface area contributed by atoms with E-state index >= 15 is 0 Å². The van der Waals surface area contributed by atoms with E-state index in [9.17, 15) is 4.39 Å². The van der Waals surface area contributed by atoms with Crippen LogP contribution in [-0.2, 0) is 4.74 Å². The number of anilines is 1. The zero-order chi connectivity index (χ0) is 17.9. The van der Waals surface area contributed by atoms with E-state index in [1.54, 1.807) is 6.07 Å². The summed E-state index contributed by atoms with van der Waals surface area (Å²) in [5.41, 5.74) is 0.981. The summed E-state index contributed by atoms with van der Waals surface area (Å²) >= 11 is 0. The van der Waals surface area contributed by atoms with Crippen LogP contribution in [0.4, 0.5) is 10.1 Å². The molecule has 1 aliphatic carbocycles. The predicted octanol–water partition coefficient (Wildman–Crippen LogP) is 3.70. The van der Waals surface area contributed by atoms with Gasteiger partial charge in [-0.3, -0.25) is 0 Å². The Labute approximate surface area is 155 Å². The van der Waals surface area contributed by atoms with E-state index in [0.29, 0.717) is 12.2 Å². The maximum atomic E-state index is 13.8. The average Bonchev–Trinajstić information content (AvgIpc) is 2.62. The summed E-state index contributed by atoms with van der Waals surface area (Å²) in [6.07, 6.45) is 9.23. The first-order valence-corrected chi connectivity index (χ1v) is 10.1. The second-order valence-electron chi connectivity index (χ2n) is 7.92. The van der Waals surface area contributed by atoms with Crippen molar-refractivity contribution in [1.29, 1.82) is 5.26 Å². The minimum atomic E-state index is -0.429. The molecule has 0 atom stereocenters. The van der Waals surface area contributed by atoms with Crippen LogP contribution in [0.3, 0.4) is 0 Å². The Bertz CT molecular complexity index is 654. The molecule has 1 aromatic carbocycles. The molecule has 140 valence electrons. The lowest BCUT2D eigenvalue weighted by molar-refractivity contribution is -0.0598. The molecule has 4 nitrogen and oxygen atoms in total. The maximum Gasteiger partial charge on any atom is 0.143 e. The van der Waals surface area contributed by atoms with E-state index in [4.69, 9.17) is 10.00 Å². The number of likely N-dealkylation sites (tertiary alicyclic amines) is 1. The lowest BCUT2D eigenvalue weighted by Gasteiger charge is -2.43. The largest absolute Gasteiger partial charge is 0.375 e. The molecule has 1 aromatic rings. The Morgan fingerprint density at radius 3 is 2.15 bits per heavy atom. The molecular weight excluding hydrogens is 329 g/mol. The first-order chi connectivity index (χ1) is 12.7. The minimum Gasteiger partial charge on any atom is -0.375 e. The van der Waals surface area contributed by atoms with Crippen LogP contribution in [0.15, 0.2) is 18.2 Å². The van der Waals surface area contributed by atoms with Crippen molar-refractivity contribution in [2.45, 2.75) is 63.2 Å². The molecule has 0 bridgehead atoms. The van der Waals surface area contributed by atoms with Crippen LogP contribution in [0.2, 0.25) is 0 Å². The highest BCUT2D eigenvalue weighted by Crippen LogP contribution is 2.29. The molecule has 0 spiro atoms. The van der Waals surface area contributed by atoms with Gasteiger partial charge in [-0.25, -0.2) is 4.39 Å². The van der Waals surface area contributed by atoms with E-state index in [2.05, 4.69) is 9.80 Å². The van der Waals surface area contributed by atoms with Crippen LogP contribution in [-0.4, -0.2) is 49.3 Å². The second-order valence-corrected chi connectivity index (χ2v) is 7.92. The van der Waals surface area contributed by atoms with Crippen LogP contribution in [0.5, 0.6) is 0 Å². The number of ether oxygens (including phenoxy) is 1. The summed E-state index contributed by atoms with van der Waals surface area (Å²) in [5, 5.41) is 8.85. The summed E-state index contributed by atoms with van der Waals surface area (Å²) in [6, 6.07) is 7.63. The second kappa shape index (κ2) is 7.94. The molecule has 2 aliphatic heterocycles. The number of piperidine rings is 2. The number of hydrogen-bond donors (Lipinski definition) is 0. The van der Waals surface area contributed by atoms with Crippen LogP contribution in [0.25, 0.3) is 0 Å².